The molecule has 19 heavy (non-hydrogen) atoms. The molecule has 0 saturated heterocycles. The lowest BCUT2D eigenvalue weighted by atomic mass is 10.1. The van der Waals surface area contributed by atoms with Crippen LogP contribution in [0, 0.1) is 0 Å². The van der Waals surface area contributed by atoms with Gasteiger partial charge in [-0.3, -0.25) is 9.59 Å². The summed E-state index contributed by atoms with van der Waals surface area (Å²) >= 11 is 0. The normalized spacial score (nSPS) is 12.4. The maximum Gasteiger partial charge on any atom is 0.408 e. The Morgan fingerprint density at radius 3 is 2.05 bits per heavy atom. The highest BCUT2D eigenvalue weighted by Crippen LogP contribution is 2.07. The van der Waals surface area contributed by atoms with Crippen LogP contribution in [0.3, 0.4) is 0 Å². The van der Waals surface area contributed by atoms with E-state index in [1.807, 2.05) is 5.32 Å². The van der Waals surface area contributed by atoms with Crippen molar-refractivity contribution in [2.75, 3.05) is 0 Å². The maximum atomic E-state index is 11.4. The number of Topliss-reactive ketones (excluding diaryl/α,β-unsaturated/α-hetero) is 1. The quantitative estimate of drug-likeness (QED) is 0.598. The smallest absolute Gasteiger partial charge is 0.408 e. The molecule has 108 valence electrons. The number of amides is 1. The highest BCUT2D eigenvalue weighted by atomic mass is 16.6. The third kappa shape index (κ3) is 8.58. The number of nitrogens with one attached hydrogen (secondary N) is 1. The average molecular weight is 275 g/mol. The molecule has 8 heteroatoms. The summed E-state index contributed by atoms with van der Waals surface area (Å²) in [5.41, 5.74) is -0.807. The fourth-order valence-corrected chi connectivity index (χ4v) is 1.12. The number of carboxylic acid groups (broad SMARTS) is 2. The first-order valence-corrected chi connectivity index (χ1v) is 5.47. The topological polar surface area (TPSA) is 130 Å². The number of carboxylic acids is 2. The zero-order valence-electron chi connectivity index (χ0n) is 10.9. The Balaban J connectivity index is 4.51. The number of ketones is 1. The SMILES string of the molecule is CC(C)(C)OC(=O)NC(CC(=O)CC(=O)O)C(=O)O. The molecule has 0 aromatic rings. The standard InChI is InChI=1S/C11H17NO7/c1-11(2,3)19-10(18)12-7(9(16)17)4-6(13)5-8(14)15/h7H,4-5H2,1-3H3,(H,12,18)(H,14,15)(H,16,17). The molecule has 0 aromatic carbocycles. The largest absolute Gasteiger partial charge is 0.481 e. The number of carbonyl (C=O) groups is 4. The molecule has 1 unspecified atom stereocenters. The minimum Gasteiger partial charge on any atom is -0.481 e. The number of ether oxygens (including phenoxy) is 1. The molecule has 0 aliphatic heterocycles. The van der Waals surface area contributed by atoms with E-state index in [2.05, 4.69) is 0 Å². The van der Waals surface area contributed by atoms with E-state index in [9.17, 15) is 19.2 Å². The lowest BCUT2D eigenvalue weighted by molar-refractivity contribution is -0.144. The van der Waals surface area contributed by atoms with Crippen LogP contribution in [0.25, 0.3) is 0 Å². The van der Waals surface area contributed by atoms with Gasteiger partial charge in [-0.2, -0.15) is 0 Å². The summed E-state index contributed by atoms with van der Waals surface area (Å²) in [4.78, 5) is 43.7. The summed E-state index contributed by atoms with van der Waals surface area (Å²) in [7, 11) is 0. The van der Waals surface area contributed by atoms with E-state index in [0.717, 1.165) is 0 Å². The second kappa shape index (κ2) is 6.72. The van der Waals surface area contributed by atoms with E-state index in [-0.39, 0.29) is 0 Å². The predicted molar refractivity (Wildman–Crippen MR) is 62.7 cm³/mol. The van der Waals surface area contributed by atoms with E-state index in [4.69, 9.17) is 14.9 Å². The van der Waals surface area contributed by atoms with Crippen LogP contribution in [0.1, 0.15) is 33.6 Å². The molecule has 0 rings (SSSR count). The van der Waals surface area contributed by atoms with Crippen LogP contribution in [-0.4, -0.2) is 45.7 Å². The zero-order valence-corrected chi connectivity index (χ0v) is 10.9. The lowest BCUT2D eigenvalue weighted by Gasteiger charge is -2.21. The summed E-state index contributed by atoms with van der Waals surface area (Å²) < 4.78 is 4.84. The molecule has 0 fully saturated rings. The first-order chi connectivity index (χ1) is 8.51. The fraction of sp³-hybridized carbons (Fsp3) is 0.636. The van der Waals surface area contributed by atoms with E-state index >= 15 is 0 Å². The molecule has 0 heterocycles. The van der Waals surface area contributed by atoms with Crippen LogP contribution >= 0.6 is 0 Å². The van der Waals surface area contributed by atoms with Crippen LogP contribution in [0.15, 0.2) is 0 Å². The molecule has 0 aromatic heterocycles. The Labute approximate surface area is 109 Å². The maximum absolute atomic E-state index is 11.4. The molecule has 1 atom stereocenters. The van der Waals surface area contributed by atoms with Crippen molar-refractivity contribution in [2.24, 2.45) is 0 Å². The minimum absolute atomic E-state index is 0.610. The van der Waals surface area contributed by atoms with Gasteiger partial charge in [-0.05, 0) is 20.8 Å². The molecule has 0 aliphatic rings. The molecule has 0 bridgehead atoms. The molecule has 0 radical (unpaired) electrons. The summed E-state index contributed by atoms with van der Waals surface area (Å²) in [6.45, 7) is 4.79. The molecule has 3 N–H and O–H groups in total. The van der Waals surface area contributed by atoms with Gasteiger partial charge in [0.2, 0.25) is 0 Å². The van der Waals surface area contributed by atoms with Gasteiger partial charge < -0.3 is 20.3 Å². The van der Waals surface area contributed by atoms with Gasteiger partial charge in [0, 0.05) is 6.42 Å². The summed E-state index contributed by atoms with van der Waals surface area (Å²) in [6, 6.07) is -1.51. The van der Waals surface area contributed by atoms with Gasteiger partial charge in [-0.15, -0.1) is 0 Å². The van der Waals surface area contributed by atoms with Crippen molar-refractivity contribution in [3.63, 3.8) is 0 Å². The third-order valence-electron chi connectivity index (χ3n) is 1.77. The number of rotatable bonds is 6. The van der Waals surface area contributed by atoms with Crippen molar-refractivity contribution < 1.29 is 34.1 Å². The van der Waals surface area contributed by atoms with Gasteiger partial charge in [-0.1, -0.05) is 0 Å². The first-order valence-electron chi connectivity index (χ1n) is 5.47. The zero-order chi connectivity index (χ0) is 15.2. The van der Waals surface area contributed by atoms with Gasteiger partial charge in [0.1, 0.15) is 23.8 Å². The second-order valence-electron chi connectivity index (χ2n) is 4.85. The molecule has 0 spiro atoms. The fourth-order valence-electron chi connectivity index (χ4n) is 1.12. The number of hydrogen-bond acceptors (Lipinski definition) is 5. The number of hydrogen-bond donors (Lipinski definition) is 3. The molecule has 8 nitrogen and oxygen atoms in total. The Kier molecular flexibility index (Phi) is 5.97. The van der Waals surface area contributed by atoms with Crippen molar-refractivity contribution in [3.05, 3.63) is 0 Å². The lowest BCUT2D eigenvalue weighted by Crippen LogP contribution is -2.44. The van der Waals surface area contributed by atoms with Gasteiger partial charge in [0.25, 0.3) is 0 Å². The average Bonchev–Trinajstić information content (AvgIpc) is 2.11. The minimum atomic E-state index is -1.51. The van der Waals surface area contributed by atoms with Crippen LogP contribution < -0.4 is 5.32 Å². The van der Waals surface area contributed by atoms with E-state index in [1.165, 1.54) is 0 Å². The van der Waals surface area contributed by atoms with Crippen molar-refractivity contribution >= 4 is 23.8 Å². The highest BCUT2D eigenvalue weighted by Gasteiger charge is 2.26. The van der Waals surface area contributed by atoms with Crippen LogP contribution in [0.4, 0.5) is 4.79 Å². The van der Waals surface area contributed by atoms with Crippen molar-refractivity contribution in [1.82, 2.24) is 5.32 Å². The van der Waals surface area contributed by atoms with Gasteiger partial charge >= 0.3 is 18.0 Å². The van der Waals surface area contributed by atoms with Crippen LogP contribution in [0.5, 0.6) is 0 Å². The van der Waals surface area contributed by atoms with Crippen LogP contribution in [0.2, 0.25) is 0 Å². The Morgan fingerprint density at radius 2 is 1.68 bits per heavy atom. The summed E-state index contributed by atoms with van der Waals surface area (Å²) in [6.07, 6.45) is -2.39. The van der Waals surface area contributed by atoms with Gasteiger partial charge in [0.05, 0.1) is 0 Å². The van der Waals surface area contributed by atoms with Gasteiger partial charge in [-0.25, -0.2) is 9.59 Å². The predicted octanol–water partition coefficient (Wildman–Crippen LogP) is 0.398. The number of carbonyl (C=O) groups excluding carboxylic acids is 2. The third-order valence-corrected chi connectivity index (χ3v) is 1.77. The molecule has 0 aliphatic carbocycles. The summed E-state index contributed by atoms with van der Waals surface area (Å²) in [5, 5.41) is 19.2. The number of aliphatic carboxylic acids is 2. The summed E-state index contributed by atoms with van der Waals surface area (Å²) in [5.74, 6) is -3.59. The highest BCUT2D eigenvalue weighted by molar-refractivity contribution is 5.97. The molecule has 0 saturated carbocycles. The monoisotopic (exact) mass is 275 g/mol. The van der Waals surface area contributed by atoms with Crippen molar-refractivity contribution in [1.29, 1.82) is 0 Å². The van der Waals surface area contributed by atoms with Crippen molar-refractivity contribution in [2.45, 2.75) is 45.3 Å². The Hall–Kier alpha value is -2.12. The molecular formula is C11H17NO7. The van der Waals surface area contributed by atoms with Crippen LogP contribution in [-0.2, 0) is 19.1 Å². The molecule has 1 amide bonds. The number of alkyl carbamates (subject to hydrolysis) is 1. The van der Waals surface area contributed by atoms with E-state index in [0.29, 0.717) is 0 Å². The second-order valence-corrected chi connectivity index (χ2v) is 4.85. The van der Waals surface area contributed by atoms with E-state index < -0.39 is 48.3 Å². The van der Waals surface area contributed by atoms with Gasteiger partial charge in [0.15, 0.2) is 0 Å². The molecular weight excluding hydrogens is 258 g/mol. The Bertz CT molecular complexity index is 383. The Morgan fingerprint density at radius 1 is 1.16 bits per heavy atom. The first kappa shape index (κ1) is 16.9. The van der Waals surface area contributed by atoms with Crippen molar-refractivity contribution in [3.8, 4) is 0 Å². The van der Waals surface area contributed by atoms with E-state index in [1.54, 1.807) is 20.8 Å².